The summed E-state index contributed by atoms with van der Waals surface area (Å²) in [6, 6.07) is 8.61. The van der Waals surface area contributed by atoms with Gasteiger partial charge in [-0.3, -0.25) is 4.79 Å². The van der Waals surface area contributed by atoms with E-state index in [0.717, 1.165) is 0 Å². The third-order valence-electron chi connectivity index (χ3n) is 2.34. The number of rotatable bonds is 6. The first-order chi connectivity index (χ1) is 9.21. The molecule has 0 radical (unpaired) electrons. The summed E-state index contributed by atoms with van der Waals surface area (Å²) in [7, 11) is 1.56. The smallest absolute Gasteiger partial charge is 0.239 e. The van der Waals surface area contributed by atoms with Gasteiger partial charge in [0.15, 0.2) is 0 Å². The second-order valence-corrected chi connectivity index (χ2v) is 3.68. The first-order valence-corrected chi connectivity index (χ1v) is 5.65. The predicted octanol–water partition coefficient (Wildman–Crippen LogP) is 0.604. The van der Waals surface area contributed by atoms with E-state index >= 15 is 0 Å². The van der Waals surface area contributed by atoms with Gasteiger partial charge in [0.2, 0.25) is 5.91 Å². The summed E-state index contributed by atoms with van der Waals surface area (Å²) < 4.78 is 4.81. The maximum absolute atomic E-state index is 11.4. The van der Waals surface area contributed by atoms with Crippen molar-refractivity contribution in [1.29, 1.82) is 10.5 Å². The molecule has 0 aliphatic rings. The van der Waals surface area contributed by atoms with Crippen LogP contribution in [0.2, 0.25) is 0 Å². The third kappa shape index (κ3) is 4.66. The highest BCUT2D eigenvalue weighted by molar-refractivity contribution is 5.80. The highest BCUT2D eigenvalue weighted by atomic mass is 16.5. The number of nitrogens with zero attached hydrogens (tertiary/aromatic N) is 2. The van der Waals surface area contributed by atoms with E-state index in [1.165, 1.54) is 0 Å². The number of anilines is 1. The van der Waals surface area contributed by atoms with Gasteiger partial charge >= 0.3 is 0 Å². The van der Waals surface area contributed by atoms with Crippen molar-refractivity contribution in [3.63, 3.8) is 0 Å². The molecule has 0 fully saturated rings. The number of hydrogen-bond acceptors (Lipinski definition) is 5. The first kappa shape index (κ1) is 14.5. The molecule has 0 saturated heterocycles. The number of carbonyl (C=O) groups excluding carboxylic acids is 1. The van der Waals surface area contributed by atoms with Crippen molar-refractivity contribution in [2.45, 2.75) is 0 Å². The average Bonchev–Trinajstić information content (AvgIpc) is 2.45. The lowest BCUT2D eigenvalue weighted by Gasteiger charge is -2.08. The van der Waals surface area contributed by atoms with E-state index in [-0.39, 0.29) is 18.0 Å². The van der Waals surface area contributed by atoms with Crippen LogP contribution >= 0.6 is 0 Å². The summed E-state index contributed by atoms with van der Waals surface area (Å²) in [6.07, 6.45) is 0. The van der Waals surface area contributed by atoms with Crippen molar-refractivity contribution in [1.82, 2.24) is 5.32 Å². The quantitative estimate of drug-likeness (QED) is 0.728. The van der Waals surface area contributed by atoms with Gasteiger partial charge in [0.25, 0.3) is 0 Å². The Morgan fingerprint density at radius 3 is 2.68 bits per heavy atom. The van der Waals surface area contributed by atoms with Crippen LogP contribution in [0, 0.1) is 22.7 Å². The largest absolute Gasteiger partial charge is 0.383 e. The molecule has 6 nitrogen and oxygen atoms in total. The zero-order valence-corrected chi connectivity index (χ0v) is 10.6. The Morgan fingerprint density at radius 1 is 1.32 bits per heavy atom. The molecule has 1 rings (SSSR count). The van der Waals surface area contributed by atoms with Crippen LogP contribution in [-0.2, 0) is 9.53 Å². The number of carbonyl (C=O) groups is 1. The van der Waals surface area contributed by atoms with Crippen LogP contribution in [0.25, 0.3) is 0 Å². The molecule has 1 aromatic rings. The highest BCUT2D eigenvalue weighted by Crippen LogP contribution is 2.14. The highest BCUT2D eigenvalue weighted by Gasteiger charge is 2.04. The molecule has 0 saturated carbocycles. The SMILES string of the molecule is COCCNC(=O)CNc1ccc(C#N)c(C#N)c1. The Bertz CT molecular complexity index is 528. The van der Waals surface area contributed by atoms with Crippen molar-refractivity contribution in [2.75, 3.05) is 32.1 Å². The second-order valence-electron chi connectivity index (χ2n) is 3.68. The Labute approximate surface area is 111 Å². The second kappa shape index (κ2) is 7.70. The molecule has 1 aromatic carbocycles. The maximum atomic E-state index is 11.4. The zero-order valence-electron chi connectivity index (χ0n) is 10.6. The number of ether oxygens (including phenoxy) is 1. The fourth-order valence-electron chi connectivity index (χ4n) is 1.38. The fourth-order valence-corrected chi connectivity index (χ4v) is 1.38. The van der Waals surface area contributed by atoms with Gasteiger partial charge in [0, 0.05) is 19.3 Å². The Balaban J connectivity index is 2.53. The lowest BCUT2D eigenvalue weighted by atomic mass is 10.1. The number of amides is 1. The number of methoxy groups -OCH3 is 1. The first-order valence-electron chi connectivity index (χ1n) is 5.65. The van der Waals surface area contributed by atoms with Gasteiger partial charge in [-0.05, 0) is 18.2 Å². The van der Waals surface area contributed by atoms with Gasteiger partial charge in [-0.15, -0.1) is 0 Å². The molecular formula is C13H14N4O2. The summed E-state index contributed by atoms with van der Waals surface area (Å²) >= 11 is 0. The van der Waals surface area contributed by atoms with E-state index in [1.54, 1.807) is 25.3 Å². The Morgan fingerprint density at radius 2 is 2.05 bits per heavy atom. The summed E-state index contributed by atoms with van der Waals surface area (Å²) in [5, 5.41) is 23.2. The molecule has 0 aromatic heterocycles. The molecule has 0 atom stereocenters. The molecule has 19 heavy (non-hydrogen) atoms. The summed E-state index contributed by atoms with van der Waals surface area (Å²) in [5.74, 6) is -0.167. The standard InChI is InChI=1S/C13H14N4O2/c1-19-5-4-16-13(18)9-17-12-3-2-10(7-14)11(6-12)8-15/h2-3,6,17H,4-5,9H2,1H3,(H,16,18). The van der Waals surface area contributed by atoms with E-state index < -0.39 is 0 Å². The van der Waals surface area contributed by atoms with Crippen LogP contribution in [0.15, 0.2) is 18.2 Å². The van der Waals surface area contributed by atoms with Gasteiger partial charge in [0.05, 0.1) is 24.3 Å². The normalized spacial score (nSPS) is 9.21. The number of nitrogens with one attached hydrogen (secondary N) is 2. The van der Waals surface area contributed by atoms with E-state index in [1.807, 2.05) is 12.1 Å². The molecule has 0 heterocycles. The number of hydrogen-bond donors (Lipinski definition) is 2. The van der Waals surface area contributed by atoms with Gasteiger partial charge in [-0.2, -0.15) is 10.5 Å². The Hall–Kier alpha value is -2.57. The molecule has 98 valence electrons. The molecule has 0 aliphatic heterocycles. The van der Waals surface area contributed by atoms with E-state index in [4.69, 9.17) is 15.3 Å². The van der Waals surface area contributed by atoms with Crippen LogP contribution in [0.5, 0.6) is 0 Å². The van der Waals surface area contributed by atoms with Crippen LogP contribution in [0.4, 0.5) is 5.69 Å². The van der Waals surface area contributed by atoms with Crippen molar-refractivity contribution in [2.24, 2.45) is 0 Å². The van der Waals surface area contributed by atoms with Crippen molar-refractivity contribution in [3.8, 4) is 12.1 Å². The van der Waals surface area contributed by atoms with Gasteiger partial charge in [-0.1, -0.05) is 0 Å². The average molecular weight is 258 g/mol. The topological polar surface area (TPSA) is 97.9 Å². The summed E-state index contributed by atoms with van der Waals surface area (Å²) in [5.41, 5.74) is 1.22. The third-order valence-corrected chi connectivity index (χ3v) is 2.34. The number of benzene rings is 1. The summed E-state index contributed by atoms with van der Waals surface area (Å²) in [6.45, 7) is 1.01. The minimum absolute atomic E-state index is 0.0977. The van der Waals surface area contributed by atoms with Crippen LogP contribution in [0.3, 0.4) is 0 Å². The minimum atomic E-state index is -0.167. The van der Waals surface area contributed by atoms with Crippen LogP contribution in [0.1, 0.15) is 11.1 Å². The minimum Gasteiger partial charge on any atom is -0.383 e. The molecule has 2 N–H and O–H groups in total. The van der Waals surface area contributed by atoms with E-state index in [9.17, 15) is 4.79 Å². The Kier molecular flexibility index (Phi) is 5.87. The van der Waals surface area contributed by atoms with E-state index in [2.05, 4.69) is 10.6 Å². The maximum Gasteiger partial charge on any atom is 0.239 e. The van der Waals surface area contributed by atoms with Crippen molar-refractivity contribution < 1.29 is 9.53 Å². The molecule has 0 bridgehead atoms. The molecule has 0 aliphatic carbocycles. The molecule has 1 amide bonds. The van der Waals surface area contributed by atoms with Crippen LogP contribution < -0.4 is 10.6 Å². The zero-order chi connectivity index (χ0) is 14.1. The molecule has 6 heteroatoms. The van der Waals surface area contributed by atoms with E-state index in [0.29, 0.717) is 24.4 Å². The fraction of sp³-hybridized carbons (Fsp3) is 0.308. The molecule has 0 unspecified atom stereocenters. The van der Waals surface area contributed by atoms with Gasteiger partial charge < -0.3 is 15.4 Å². The van der Waals surface area contributed by atoms with Crippen LogP contribution in [-0.4, -0.2) is 32.7 Å². The van der Waals surface area contributed by atoms with Crippen molar-refractivity contribution >= 4 is 11.6 Å². The number of nitriles is 2. The van der Waals surface area contributed by atoms with Gasteiger partial charge in [-0.25, -0.2) is 0 Å². The molecule has 0 spiro atoms. The molecular weight excluding hydrogens is 244 g/mol. The monoisotopic (exact) mass is 258 g/mol. The van der Waals surface area contributed by atoms with Crippen molar-refractivity contribution in [3.05, 3.63) is 29.3 Å². The van der Waals surface area contributed by atoms with Gasteiger partial charge in [0.1, 0.15) is 12.1 Å². The summed E-state index contributed by atoms with van der Waals surface area (Å²) in [4.78, 5) is 11.4. The predicted molar refractivity (Wildman–Crippen MR) is 69.2 cm³/mol. The lowest BCUT2D eigenvalue weighted by molar-refractivity contribution is -0.119. The lowest BCUT2D eigenvalue weighted by Crippen LogP contribution is -2.32.